The lowest BCUT2D eigenvalue weighted by Crippen LogP contribution is -2.69. The van der Waals surface area contributed by atoms with Crippen molar-refractivity contribution < 1.29 is 19.2 Å². The Morgan fingerprint density at radius 1 is 1.17 bits per heavy atom. The first-order valence-corrected chi connectivity index (χ1v) is 8.71. The Hall–Kier alpha value is -1.77. The molecule has 24 heavy (non-hydrogen) atoms. The molecule has 0 radical (unpaired) electrons. The fourth-order valence-electron chi connectivity index (χ4n) is 3.40. The van der Waals surface area contributed by atoms with Crippen LogP contribution in [0.4, 0.5) is 0 Å². The van der Waals surface area contributed by atoms with Crippen LogP contribution in [0.3, 0.4) is 0 Å². The fourth-order valence-corrected chi connectivity index (χ4v) is 3.78. The molecule has 0 aliphatic carbocycles. The van der Waals surface area contributed by atoms with Gasteiger partial charge >= 0.3 is 0 Å². The van der Waals surface area contributed by atoms with Gasteiger partial charge < -0.3 is 21.3 Å². The van der Waals surface area contributed by atoms with Gasteiger partial charge in [-0.1, -0.05) is 0 Å². The molecule has 2 aliphatic rings. The summed E-state index contributed by atoms with van der Waals surface area (Å²) in [5.74, 6) is -0.827. The molecule has 9 heteroatoms. The highest BCUT2D eigenvalue weighted by Crippen LogP contribution is 2.42. The summed E-state index contributed by atoms with van der Waals surface area (Å²) in [6.45, 7) is 1.51. The summed E-state index contributed by atoms with van der Waals surface area (Å²) in [6, 6.07) is -0.667. The molecule has 8 nitrogen and oxygen atoms in total. The number of β-lactam (4-membered cyclic amide) rings is 1. The number of carbonyl (C=O) groups is 4. The third-order valence-electron chi connectivity index (χ3n) is 4.95. The molecule has 0 bridgehead atoms. The van der Waals surface area contributed by atoms with Crippen LogP contribution in [0.5, 0.6) is 0 Å². The zero-order chi connectivity index (χ0) is 17.9. The zero-order valence-electron chi connectivity index (χ0n) is 13.6. The molecular weight excluding hydrogens is 332 g/mol. The number of amides is 4. The monoisotopic (exact) mass is 356 g/mol. The number of piperidine rings is 1. The molecule has 0 aromatic carbocycles. The van der Waals surface area contributed by atoms with E-state index in [1.54, 1.807) is 4.90 Å². The average molecular weight is 356 g/mol. The Kier molecular flexibility index (Phi) is 5.74. The maximum Gasteiger partial charge on any atom is 0.241 e. The van der Waals surface area contributed by atoms with Crippen LogP contribution < -0.4 is 11.5 Å². The summed E-state index contributed by atoms with van der Waals surface area (Å²) in [6.07, 6.45) is 2.11. The molecule has 2 aliphatic heterocycles. The molecule has 2 fully saturated rings. The number of carbonyl (C=O) groups excluding carboxylic acids is 4. The first-order valence-electron chi connectivity index (χ1n) is 8.08. The summed E-state index contributed by atoms with van der Waals surface area (Å²) < 4.78 is 0. The first-order chi connectivity index (χ1) is 11.3. The van der Waals surface area contributed by atoms with Crippen molar-refractivity contribution in [3.05, 3.63) is 0 Å². The van der Waals surface area contributed by atoms with Gasteiger partial charge in [-0.25, -0.2) is 0 Å². The topological polar surface area (TPSA) is 127 Å². The van der Waals surface area contributed by atoms with E-state index in [4.69, 9.17) is 11.5 Å². The number of primary amides is 2. The van der Waals surface area contributed by atoms with Crippen molar-refractivity contribution in [2.45, 2.75) is 38.1 Å². The normalized spacial score (nSPS) is 20.6. The predicted octanol–water partition coefficient (Wildman–Crippen LogP) is -1.12. The van der Waals surface area contributed by atoms with Crippen molar-refractivity contribution in [1.82, 2.24) is 9.80 Å². The van der Waals surface area contributed by atoms with E-state index in [-0.39, 0.29) is 24.0 Å². The first kappa shape index (κ1) is 18.6. The number of rotatable bonds is 7. The van der Waals surface area contributed by atoms with Crippen LogP contribution in [0.2, 0.25) is 0 Å². The molecule has 2 saturated heterocycles. The Morgan fingerprint density at radius 2 is 1.79 bits per heavy atom. The highest BCUT2D eigenvalue weighted by Gasteiger charge is 2.55. The Morgan fingerprint density at radius 3 is 2.25 bits per heavy atom. The van der Waals surface area contributed by atoms with Crippen LogP contribution in [-0.2, 0) is 19.2 Å². The van der Waals surface area contributed by atoms with Gasteiger partial charge in [-0.15, -0.1) is 0 Å². The molecule has 1 spiro atoms. The van der Waals surface area contributed by atoms with Gasteiger partial charge in [-0.3, -0.25) is 19.2 Å². The van der Waals surface area contributed by atoms with E-state index >= 15 is 0 Å². The summed E-state index contributed by atoms with van der Waals surface area (Å²) >= 11 is 4.08. The fraction of sp³-hybridized carbons (Fsp3) is 0.733. The van der Waals surface area contributed by atoms with Crippen LogP contribution in [0.25, 0.3) is 0 Å². The number of nitrogens with zero attached hydrogens (tertiary/aromatic N) is 2. The third kappa shape index (κ3) is 3.66. The van der Waals surface area contributed by atoms with E-state index in [2.05, 4.69) is 12.6 Å². The molecule has 1 atom stereocenters. The number of thiol groups is 1. The summed E-state index contributed by atoms with van der Waals surface area (Å²) in [5, 5.41) is 0. The summed E-state index contributed by atoms with van der Waals surface area (Å²) in [7, 11) is 0. The molecule has 2 heterocycles. The molecule has 4 N–H and O–H groups in total. The van der Waals surface area contributed by atoms with Crippen LogP contribution in [-0.4, -0.2) is 64.9 Å². The zero-order valence-corrected chi connectivity index (χ0v) is 14.5. The second kappa shape index (κ2) is 7.42. The highest BCUT2D eigenvalue weighted by atomic mass is 32.1. The van der Waals surface area contributed by atoms with Gasteiger partial charge in [0.15, 0.2) is 0 Å². The Bertz CT molecular complexity index is 546. The Labute approximate surface area is 146 Å². The number of likely N-dealkylation sites (tertiary alicyclic amines) is 2. The largest absolute Gasteiger partial charge is 0.370 e. The van der Waals surface area contributed by atoms with E-state index in [0.717, 1.165) is 0 Å². The maximum atomic E-state index is 12.5. The van der Waals surface area contributed by atoms with Gasteiger partial charge in [0, 0.05) is 38.2 Å². The van der Waals surface area contributed by atoms with Crippen molar-refractivity contribution in [3.8, 4) is 0 Å². The number of hydrogen-bond donors (Lipinski definition) is 3. The molecule has 0 saturated carbocycles. The molecule has 2 rings (SSSR count). The van der Waals surface area contributed by atoms with Crippen molar-refractivity contribution in [3.63, 3.8) is 0 Å². The third-order valence-corrected chi connectivity index (χ3v) is 5.30. The predicted molar refractivity (Wildman–Crippen MR) is 89.8 cm³/mol. The van der Waals surface area contributed by atoms with Gasteiger partial charge in [-0.05, 0) is 19.3 Å². The lowest BCUT2D eigenvalue weighted by molar-refractivity contribution is -0.172. The van der Waals surface area contributed by atoms with E-state index in [1.807, 2.05) is 0 Å². The molecule has 4 amide bonds. The maximum absolute atomic E-state index is 12.5. The lowest BCUT2D eigenvalue weighted by Gasteiger charge is -2.54. The molecular formula is C15H24N4O4S. The minimum absolute atomic E-state index is 0.0138. The van der Waals surface area contributed by atoms with E-state index < -0.39 is 23.3 Å². The van der Waals surface area contributed by atoms with E-state index in [1.165, 1.54) is 4.90 Å². The lowest BCUT2D eigenvalue weighted by atomic mass is 9.70. The van der Waals surface area contributed by atoms with Crippen LogP contribution in [0.1, 0.15) is 32.1 Å². The Balaban J connectivity index is 1.83. The summed E-state index contributed by atoms with van der Waals surface area (Å²) in [4.78, 5) is 49.9. The number of nitrogens with two attached hydrogens (primary N) is 2. The van der Waals surface area contributed by atoms with Gasteiger partial charge in [0.25, 0.3) is 0 Å². The molecule has 134 valence electrons. The quantitative estimate of drug-likeness (QED) is 0.394. The van der Waals surface area contributed by atoms with Crippen molar-refractivity contribution in [2.75, 3.05) is 25.4 Å². The highest BCUT2D eigenvalue weighted by molar-refractivity contribution is 7.80. The van der Waals surface area contributed by atoms with Gasteiger partial charge in [0.05, 0.1) is 5.41 Å². The minimum atomic E-state index is -0.667. The second-order valence-electron chi connectivity index (χ2n) is 6.51. The molecule has 0 unspecified atom stereocenters. The van der Waals surface area contributed by atoms with Crippen LogP contribution >= 0.6 is 12.6 Å². The summed E-state index contributed by atoms with van der Waals surface area (Å²) in [5.41, 5.74) is 9.89. The smallest absolute Gasteiger partial charge is 0.241 e. The van der Waals surface area contributed by atoms with Gasteiger partial charge in [-0.2, -0.15) is 12.6 Å². The average Bonchev–Trinajstić information content (AvgIpc) is 2.54. The number of hydrogen-bond acceptors (Lipinski definition) is 5. The van der Waals surface area contributed by atoms with Gasteiger partial charge in [0.2, 0.25) is 23.6 Å². The van der Waals surface area contributed by atoms with Gasteiger partial charge in [0.1, 0.15) is 6.04 Å². The standard InChI is InChI=1S/C15H24N4O4S/c16-11(20)2-1-3-12(21)18-6-4-15(5-7-18)9-19(14(15)23)10(8-24)13(17)22/h10,24H,1-9H2,(H2,16,20)(H2,17,22)/t10-/m0/s1. The van der Waals surface area contributed by atoms with Crippen molar-refractivity contribution >= 4 is 36.3 Å². The molecule has 0 aromatic rings. The SMILES string of the molecule is NC(=O)CCCC(=O)N1CCC2(CC1)CN([C@@H](CS)C(N)=O)C2=O. The van der Waals surface area contributed by atoms with Crippen molar-refractivity contribution in [2.24, 2.45) is 16.9 Å². The van der Waals surface area contributed by atoms with E-state index in [9.17, 15) is 19.2 Å². The minimum Gasteiger partial charge on any atom is -0.370 e. The van der Waals surface area contributed by atoms with Crippen LogP contribution in [0.15, 0.2) is 0 Å². The van der Waals surface area contributed by atoms with Crippen molar-refractivity contribution in [1.29, 1.82) is 0 Å². The van der Waals surface area contributed by atoms with Crippen LogP contribution in [0, 0.1) is 5.41 Å². The van der Waals surface area contributed by atoms with E-state index in [0.29, 0.717) is 45.3 Å². The second-order valence-corrected chi connectivity index (χ2v) is 6.88. The molecule has 0 aromatic heterocycles.